The van der Waals surface area contributed by atoms with Crippen LogP contribution in [-0.2, 0) is 16.1 Å². The van der Waals surface area contributed by atoms with Gasteiger partial charge in [-0.15, -0.1) is 0 Å². The van der Waals surface area contributed by atoms with Gasteiger partial charge in [0.2, 0.25) is 5.91 Å². The third-order valence-electron chi connectivity index (χ3n) is 3.68. The van der Waals surface area contributed by atoms with E-state index in [1.807, 2.05) is 13.0 Å². The van der Waals surface area contributed by atoms with Gasteiger partial charge in [-0.25, -0.2) is 9.97 Å². The molecule has 0 radical (unpaired) electrons. The van der Waals surface area contributed by atoms with Gasteiger partial charge < -0.3 is 10.5 Å². The third-order valence-corrected chi connectivity index (χ3v) is 3.68. The zero-order valence-electron chi connectivity index (χ0n) is 11.4. The predicted molar refractivity (Wildman–Crippen MR) is 70.2 cm³/mol. The second-order valence-corrected chi connectivity index (χ2v) is 5.00. The van der Waals surface area contributed by atoms with E-state index in [1.54, 1.807) is 13.4 Å². The van der Waals surface area contributed by atoms with Crippen molar-refractivity contribution < 1.29 is 9.53 Å². The number of primary amides is 1. The Morgan fingerprint density at radius 2 is 2.37 bits per heavy atom. The van der Waals surface area contributed by atoms with Crippen LogP contribution in [0.3, 0.4) is 0 Å². The summed E-state index contributed by atoms with van der Waals surface area (Å²) in [6.07, 6.45) is 3.22. The minimum absolute atomic E-state index is 0.322. The molecule has 2 rings (SSSR count). The number of likely N-dealkylation sites (tertiary alicyclic amines) is 1. The number of ether oxygens (including phenoxy) is 1. The lowest BCUT2D eigenvalue weighted by atomic mass is 9.96. The Kier molecular flexibility index (Phi) is 4.11. The van der Waals surface area contributed by atoms with E-state index in [0.717, 1.165) is 30.8 Å². The first kappa shape index (κ1) is 13.9. The van der Waals surface area contributed by atoms with E-state index in [2.05, 4.69) is 14.9 Å². The number of hydrogen-bond donors (Lipinski definition) is 1. The fourth-order valence-electron chi connectivity index (χ4n) is 2.71. The molecule has 0 saturated carbocycles. The normalized spacial score (nSPS) is 23.7. The molecule has 19 heavy (non-hydrogen) atoms. The molecule has 1 amide bonds. The summed E-state index contributed by atoms with van der Waals surface area (Å²) < 4.78 is 5.21. The maximum atomic E-state index is 11.8. The summed E-state index contributed by atoms with van der Waals surface area (Å²) in [4.78, 5) is 22.2. The lowest BCUT2D eigenvalue weighted by Crippen LogP contribution is -2.56. The molecule has 2 heterocycles. The van der Waals surface area contributed by atoms with Crippen LogP contribution in [0.1, 0.15) is 24.2 Å². The summed E-state index contributed by atoms with van der Waals surface area (Å²) in [6, 6.07) is 1.93. The van der Waals surface area contributed by atoms with E-state index in [4.69, 9.17) is 10.5 Å². The SMILES string of the molecule is COCC1(C(N)=O)CCCN1Cc1cc(C)ncn1. The Morgan fingerprint density at radius 3 is 3.00 bits per heavy atom. The molecule has 0 bridgehead atoms. The maximum absolute atomic E-state index is 11.8. The largest absolute Gasteiger partial charge is 0.382 e. The standard InChI is InChI=1S/C13H20N4O2/c1-10-6-11(16-9-15-10)7-17-5-3-4-13(17,8-19-2)12(14)18/h6,9H,3-5,7-8H2,1-2H3,(H2,14,18). The molecular weight excluding hydrogens is 244 g/mol. The lowest BCUT2D eigenvalue weighted by Gasteiger charge is -2.34. The van der Waals surface area contributed by atoms with E-state index in [1.165, 1.54) is 0 Å². The number of rotatable bonds is 5. The van der Waals surface area contributed by atoms with Gasteiger partial charge >= 0.3 is 0 Å². The predicted octanol–water partition coefficient (Wildman–Crippen LogP) is 0.251. The molecule has 1 unspecified atom stereocenters. The van der Waals surface area contributed by atoms with Crippen molar-refractivity contribution in [2.24, 2.45) is 5.73 Å². The summed E-state index contributed by atoms with van der Waals surface area (Å²) in [7, 11) is 1.59. The van der Waals surface area contributed by atoms with Gasteiger partial charge in [-0.2, -0.15) is 0 Å². The first-order valence-electron chi connectivity index (χ1n) is 6.40. The molecule has 0 aliphatic carbocycles. The molecule has 0 aromatic carbocycles. The first-order chi connectivity index (χ1) is 9.08. The number of carbonyl (C=O) groups excluding carboxylic acids is 1. The number of methoxy groups -OCH3 is 1. The molecule has 2 N–H and O–H groups in total. The maximum Gasteiger partial charge on any atom is 0.240 e. The summed E-state index contributed by atoms with van der Waals surface area (Å²) >= 11 is 0. The highest BCUT2D eigenvalue weighted by Crippen LogP contribution is 2.30. The van der Waals surface area contributed by atoms with Gasteiger partial charge in [0.1, 0.15) is 11.9 Å². The molecule has 1 fully saturated rings. The van der Waals surface area contributed by atoms with Crippen molar-refractivity contribution in [3.8, 4) is 0 Å². The molecule has 104 valence electrons. The van der Waals surface area contributed by atoms with Gasteiger partial charge in [0, 0.05) is 19.3 Å². The molecule has 6 heteroatoms. The third kappa shape index (κ3) is 2.74. The van der Waals surface area contributed by atoms with E-state index in [0.29, 0.717) is 13.2 Å². The van der Waals surface area contributed by atoms with Crippen LogP contribution in [0.4, 0.5) is 0 Å². The Bertz CT molecular complexity index is 466. The molecule has 6 nitrogen and oxygen atoms in total. The van der Waals surface area contributed by atoms with Crippen LogP contribution < -0.4 is 5.73 Å². The summed E-state index contributed by atoms with van der Waals surface area (Å²) in [5.41, 5.74) is 6.72. The number of hydrogen-bond acceptors (Lipinski definition) is 5. The van der Waals surface area contributed by atoms with Crippen LogP contribution in [-0.4, -0.2) is 46.6 Å². The quantitative estimate of drug-likeness (QED) is 0.824. The number of nitrogens with two attached hydrogens (primary N) is 1. The fraction of sp³-hybridized carbons (Fsp3) is 0.615. The average Bonchev–Trinajstić information content (AvgIpc) is 2.74. The van der Waals surface area contributed by atoms with E-state index in [9.17, 15) is 4.79 Å². The zero-order valence-corrected chi connectivity index (χ0v) is 11.4. The monoisotopic (exact) mass is 264 g/mol. The van der Waals surface area contributed by atoms with Crippen LogP contribution >= 0.6 is 0 Å². The van der Waals surface area contributed by atoms with Crippen molar-refractivity contribution in [3.05, 3.63) is 23.8 Å². The van der Waals surface area contributed by atoms with Crippen LogP contribution in [0, 0.1) is 6.92 Å². The molecule has 1 atom stereocenters. The number of aromatic nitrogens is 2. The van der Waals surface area contributed by atoms with Crippen LogP contribution in [0.15, 0.2) is 12.4 Å². The van der Waals surface area contributed by atoms with Gasteiger partial charge in [0.25, 0.3) is 0 Å². The molecule has 0 spiro atoms. The number of amides is 1. The minimum atomic E-state index is -0.701. The second-order valence-electron chi connectivity index (χ2n) is 5.00. The van der Waals surface area contributed by atoms with Crippen LogP contribution in [0.5, 0.6) is 0 Å². The molecule has 1 aromatic heterocycles. The van der Waals surface area contributed by atoms with Crippen LogP contribution in [0.2, 0.25) is 0 Å². The van der Waals surface area contributed by atoms with Crippen molar-refractivity contribution in [1.82, 2.24) is 14.9 Å². The highest BCUT2D eigenvalue weighted by molar-refractivity contribution is 5.85. The van der Waals surface area contributed by atoms with E-state index < -0.39 is 5.54 Å². The first-order valence-corrected chi connectivity index (χ1v) is 6.40. The fourth-order valence-corrected chi connectivity index (χ4v) is 2.71. The lowest BCUT2D eigenvalue weighted by molar-refractivity contribution is -0.132. The van der Waals surface area contributed by atoms with E-state index >= 15 is 0 Å². The summed E-state index contributed by atoms with van der Waals surface area (Å²) in [5.74, 6) is -0.322. The summed E-state index contributed by atoms with van der Waals surface area (Å²) in [5, 5.41) is 0. The highest BCUT2D eigenvalue weighted by Gasteiger charge is 2.46. The van der Waals surface area contributed by atoms with Crippen molar-refractivity contribution in [3.63, 3.8) is 0 Å². The van der Waals surface area contributed by atoms with Crippen molar-refractivity contribution >= 4 is 5.91 Å². The second kappa shape index (κ2) is 5.63. The molecule has 1 saturated heterocycles. The Balaban J connectivity index is 2.20. The van der Waals surface area contributed by atoms with Gasteiger partial charge in [0.15, 0.2) is 0 Å². The number of nitrogens with zero attached hydrogens (tertiary/aromatic N) is 3. The van der Waals surface area contributed by atoms with Crippen molar-refractivity contribution in [2.45, 2.75) is 31.8 Å². The average molecular weight is 264 g/mol. The minimum Gasteiger partial charge on any atom is -0.382 e. The van der Waals surface area contributed by atoms with Gasteiger partial charge in [-0.3, -0.25) is 9.69 Å². The molecule has 1 aliphatic heterocycles. The Labute approximate surface area is 113 Å². The van der Waals surface area contributed by atoms with Crippen molar-refractivity contribution in [1.29, 1.82) is 0 Å². The molecule has 1 aromatic rings. The number of aryl methyl sites for hydroxylation is 1. The van der Waals surface area contributed by atoms with E-state index in [-0.39, 0.29) is 5.91 Å². The topological polar surface area (TPSA) is 81.3 Å². The van der Waals surface area contributed by atoms with Gasteiger partial charge in [0.05, 0.1) is 12.3 Å². The molecular formula is C13H20N4O2. The highest BCUT2D eigenvalue weighted by atomic mass is 16.5. The summed E-state index contributed by atoms with van der Waals surface area (Å²) in [6.45, 7) is 3.67. The van der Waals surface area contributed by atoms with Crippen molar-refractivity contribution in [2.75, 3.05) is 20.3 Å². The zero-order chi connectivity index (χ0) is 13.9. The van der Waals surface area contributed by atoms with Crippen LogP contribution in [0.25, 0.3) is 0 Å². The van der Waals surface area contributed by atoms with Gasteiger partial charge in [-0.1, -0.05) is 0 Å². The Hall–Kier alpha value is -1.53. The molecule has 1 aliphatic rings. The Morgan fingerprint density at radius 1 is 1.58 bits per heavy atom. The number of carbonyl (C=O) groups is 1. The van der Waals surface area contributed by atoms with Gasteiger partial charge in [-0.05, 0) is 32.4 Å². The smallest absolute Gasteiger partial charge is 0.240 e.